The summed E-state index contributed by atoms with van der Waals surface area (Å²) in [6, 6.07) is 13.1. The fourth-order valence-electron chi connectivity index (χ4n) is 5.07. The van der Waals surface area contributed by atoms with Crippen LogP contribution in [0.1, 0.15) is 36.5 Å². The molecule has 2 aliphatic heterocycles. The lowest BCUT2D eigenvalue weighted by Crippen LogP contribution is -2.55. The van der Waals surface area contributed by atoms with E-state index in [1.54, 1.807) is 18.9 Å². The van der Waals surface area contributed by atoms with Crippen LogP contribution in [0, 0.1) is 13.8 Å². The zero-order chi connectivity index (χ0) is 24.5. The van der Waals surface area contributed by atoms with Crippen molar-refractivity contribution in [2.75, 3.05) is 31.7 Å². The van der Waals surface area contributed by atoms with E-state index in [-0.39, 0.29) is 12.5 Å². The Hall–Kier alpha value is -2.87. The first-order chi connectivity index (χ1) is 16.3. The van der Waals surface area contributed by atoms with Gasteiger partial charge in [-0.05, 0) is 74.6 Å². The molecule has 4 rings (SSSR count). The Morgan fingerprint density at radius 3 is 2.26 bits per heavy atom. The first-order valence-electron chi connectivity index (χ1n) is 11.4. The van der Waals surface area contributed by atoms with E-state index in [4.69, 9.17) is 25.9 Å². The molecular weight excluding hydrogens is 456 g/mol. The number of hydrogen-bond donors (Lipinski definition) is 0. The monoisotopic (exact) mass is 484 g/mol. The summed E-state index contributed by atoms with van der Waals surface area (Å²) in [4.78, 5) is 34.1. The predicted molar refractivity (Wildman–Crippen MR) is 130 cm³/mol. The molecule has 2 heterocycles. The molecule has 34 heavy (non-hydrogen) atoms. The Bertz CT molecular complexity index is 1100. The number of halogens is 1. The molecule has 0 radical (unpaired) electrons. The van der Waals surface area contributed by atoms with Crippen LogP contribution in [0.15, 0.2) is 48.2 Å². The SMILES string of the molecule is CCOC(=O)OC1=C(c2c(C)cc(Cl)cc2C)C(=O)N(c2ccccc2)C12CCN(OC)CC2. The number of para-hydroxylation sites is 1. The number of ether oxygens (including phenoxy) is 2. The van der Waals surface area contributed by atoms with Gasteiger partial charge in [-0.25, -0.2) is 4.79 Å². The maximum Gasteiger partial charge on any atom is 0.513 e. The minimum atomic E-state index is -0.867. The highest BCUT2D eigenvalue weighted by molar-refractivity contribution is 6.33. The maximum atomic E-state index is 14.2. The molecule has 0 unspecified atom stereocenters. The third-order valence-corrected chi connectivity index (χ3v) is 6.73. The number of hydrogen-bond acceptors (Lipinski definition) is 6. The van der Waals surface area contributed by atoms with E-state index in [1.807, 2.05) is 61.4 Å². The number of rotatable bonds is 5. The Labute approximate surface area is 204 Å². The molecule has 2 aromatic rings. The fraction of sp³-hybridized carbons (Fsp3) is 0.385. The van der Waals surface area contributed by atoms with Gasteiger partial charge in [-0.15, -0.1) is 0 Å². The van der Waals surface area contributed by atoms with Gasteiger partial charge in [0.25, 0.3) is 5.91 Å². The summed E-state index contributed by atoms with van der Waals surface area (Å²) in [7, 11) is 1.63. The number of carbonyl (C=O) groups is 2. The molecule has 1 amide bonds. The van der Waals surface area contributed by atoms with Crippen molar-refractivity contribution < 1.29 is 23.9 Å². The van der Waals surface area contributed by atoms with Crippen LogP contribution >= 0.6 is 11.6 Å². The van der Waals surface area contributed by atoms with Crippen molar-refractivity contribution in [2.45, 2.75) is 39.2 Å². The van der Waals surface area contributed by atoms with Crippen LogP contribution in [0.4, 0.5) is 10.5 Å². The van der Waals surface area contributed by atoms with Gasteiger partial charge in [-0.1, -0.05) is 29.8 Å². The topological polar surface area (TPSA) is 68.3 Å². The van der Waals surface area contributed by atoms with Gasteiger partial charge in [0.1, 0.15) is 5.54 Å². The van der Waals surface area contributed by atoms with E-state index < -0.39 is 11.7 Å². The van der Waals surface area contributed by atoms with Crippen LogP contribution in [0.5, 0.6) is 0 Å². The Morgan fingerprint density at radius 1 is 1.09 bits per heavy atom. The summed E-state index contributed by atoms with van der Waals surface area (Å²) in [5.74, 6) is 0.106. The normalized spacial score (nSPS) is 18.0. The molecule has 0 bridgehead atoms. The van der Waals surface area contributed by atoms with Crippen molar-refractivity contribution in [1.29, 1.82) is 0 Å². The van der Waals surface area contributed by atoms with Crippen molar-refractivity contribution in [3.05, 3.63) is 69.9 Å². The molecule has 0 saturated carbocycles. The molecule has 2 aliphatic rings. The minimum absolute atomic E-state index is 0.168. The summed E-state index contributed by atoms with van der Waals surface area (Å²) in [6.07, 6.45) is 0.215. The highest BCUT2D eigenvalue weighted by atomic mass is 35.5. The fourth-order valence-corrected chi connectivity index (χ4v) is 5.40. The van der Waals surface area contributed by atoms with Crippen LogP contribution < -0.4 is 4.90 Å². The molecule has 180 valence electrons. The average Bonchev–Trinajstić information content (AvgIpc) is 3.02. The first kappa shape index (κ1) is 24.3. The lowest BCUT2D eigenvalue weighted by atomic mass is 9.84. The Morgan fingerprint density at radius 2 is 1.71 bits per heavy atom. The molecule has 1 fully saturated rings. The molecule has 0 atom stereocenters. The van der Waals surface area contributed by atoms with Crippen molar-refractivity contribution in [1.82, 2.24) is 5.06 Å². The van der Waals surface area contributed by atoms with E-state index in [1.165, 1.54) is 0 Å². The number of amides is 1. The second-order valence-corrected chi connectivity index (χ2v) is 8.96. The van der Waals surface area contributed by atoms with E-state index in [2.05, 4.69) is 0 Å². The summed E-state index contributed by atoms with van der Waals surface area (Å²) in [6.45, 7) is 6.82. The summed E-state index contributed by atoms with van der Waals surface area (Å²) in [5.41, 5.74) is 2.63. The van der Waals surface area contributed by atoms with E-state index in [9.17, 15) is 9.59 Å². The van der Waals surface area contributed by atoms with Gasteiger partial charge in [0, 0.05) is 23.8 Å². The lowest BCUT2D eigenvalue weighted by molar-refractivity contribution is -0.150. The number of benzene rings is 2. The van der Waals surface area contributed by atoms with Gasteiger partial charge < -0.3 is 14.3 Å². The third-order valence-electron chi connectivity index (χ3n) is 6.51. The quantitative estimate of drug-likeness (QED) is 0.537. The second kappa shape index (κ2) is 9.78. The molecule has 2 aromatic carbocycles. The minimum Gasteiger partial charge on any atom is -0.434 e. The number of carbonyl (C=O) groups excluding carboxylic acids is 2. The van der Waals surface area contributed by atoms with Gasteiger partial charge in [0.2, 0.25) is 0 Å². The maximum absolute atomic E-state index is 14.2. The lowest BCUT2D eigenvalue weighted by Gasteiger charge is -2.44. The highest BCUT2D eigenvalue weighted by Crippen LogP contribution is 2.50. The van der Waals surface area contributed by atoms with Gasteiger partial charge in [-0.3, -0.25) is 9.69 Å². The average molecular weight is 485 g/mol. The molecule has 7 nitrogen and oxygen atoms in total. The number of aryl methyl sites for hydroxylation is 2. The molecule has 1 spiro atoms. The Kier molecular flexibility index (Phi) is 6.98. The summed E-state index contributed by atoms with van der Waals surface area (Å²) >= 11 is 6.29. The largest absolute Gasteiger partial charge is 0.513 e. The van der Waals surface area contributed by atoms with Crippen LogP contribution in [0.3, 0.4) is 0 Å². The smallest absolute Gasteiger partial charge is 0.434 e. The predicted octanol–water partition coefficient (Wildman–Crippen LogP) is 5.28. The van der Waals surface area contributed by atoms with Crippen molar-refractivity contribution >= 4 is 34.9 Å². The van der Waals surface area contributed by atoms with Crippen LogP contribution in [0.25, 0.3) is 5.57 Å². The van der Waals surface area contributed by atoms with Crippen molar-refractivity contribution in [3.8, 4) is 0 Å². The van der Waals surface area contributed by atoms with Gasteiger partial charge in [0.15, 0.2) is 5.76 Å². The zero-order valence-corrected chi connectivity index (χ0v) is 20.6. The van der Waals surface area contributed by atoms with Gasteiger partial charge in [0.05, 0.1) is 19.3 Å². The number of anilines is 1. The zero-order valence-electron chi connectivity index (χ0n) is 19.9. The standard InChI is InChI=1S/C26H29ClN2O5/c1-5-33-25(31)34-23-22(21-17(2)15-19(27)16-18(21)3)24(30)29(20-9-7-6-8-10-20)26(23)11-13-28(32-4)14-12-26/h6-10,15-16H,5,11-14H2,1-4H3. The molecular formula is C26H29ClN2O5. The van der Waals surface area contributed by atoms with Gasteiger partial charge >= 0.3 is 6.16 Å². The van der Waals surface area contributed by atoms with E-state index in [0.29, 0.717) is 42.3 Å². The molecule has 8 heteroatoms. The Balaban J connectivity index is 1.97. The third kappa shape index (κ3) is 4.19. The van der Waals surface area contributed by atoms with E-state index >= 15 is 0 Å². The van der Waals surface area contributed by atoms with Crippen molar-refractivity contribution in [3.63, 3.8) is 0 Å². The van der Waals surface area contributed by atoms with Gasteiger partial charge in [-0.2, -0.15) is 5.06 Å². The number of nitrogens with zero attached hydrogens (tertiary/aromatic N) is 2. The van der Waals surface area contributed by atoms with Crippen LogP contribution in [0.2, 0.25) is 5.02 Å². The highest BCUT2D eigenvalue weighted by Gasteiger charge is 2.56. The molecule has 0 aliphatic carbocycles. The molecule has 0 N–H and O–H groups in total. The van der Waals surface area contributed by atoms with E-state index in [0.717, 1.165) is 22.4 Å². The number of hydroxylamine groups is 2. The summed E-state index contributed by atoms with van der Waals surface area (Å²) in [5, 5.41) is 2.43. The number of piperidine rings is 1. The summed E-state index contributed by atoms with van der Waals surface area (Å²) < 4.78 is 11.0. The molecule has 0 aromatic heterocycles. The first-order valence-corrected chi connectivity index (χ1v) is 11.7. The molecule has 1 saturated heterocycles. The van der Waals surface area contributed by atoms with Crippen molar-refractivity contribution in [2.24, 2.45) is 0 Å². The van der Waals surface area contributed by atoms with Crippen LogP contribution in [-0.4, -0.2) is 49.5 Å². The second-order valence-electron chi connectivity index (χ2n) is 8.52. The van der Waals surface area contributed by atoms with Crippen LogP contribution in [-0.2, 0) is 19.1 Å².